The molecule has 0 N–H and O–H groups in total. The summed E-state index contributed by atoms with van der Waals surface area (Å²) in [5, 5.41) is 0. The molecule has 0 aromatic rings. The molecule has 1 atom stereocenters. The number of allylic oxidation sites excluding steroid dienone is 14. The van der Waals surface area contributed by atoms with Crippen LogP contribution in [-0.4, -0.2) is 37.9 Å². The largest absolute Gasteiger partial charge is 0.462 e. The van der Waals surface area contributed by atoms with Crippen LogP contribution in [0.1, 0.15) is 265 Å². The fraction of sp³-hybridized carbons (Fsp3) is 0.738. The quantitative estimate of drug-likeness (QED) is 0.0346. The van der Waals surface area contributed by atoms with Crippen molar-refractivity contribution in [1.29, 1.82) is 0 Å². The molecule has 0 spiro atoms. The molecular weight excluding hydrogens is 813 g/mol. The van der Waals surface area contributed by atoms with Gasteiger partial charge in [0.2, 0.25) is 0 Å². The lowest BCUT2D eigenvalue weighted by molar-refractivity contribution is -0.163. The Hall–Kier alpha value is -2.92. The maximum Gasteiger partial charge on any atom is 0.306 e. The Bertz CT molecular complexity index is 1220. The number of rotatable bonds is 51. The Morgan fingerprint density at radius 2 is 0.712 bits per heavy atom. The first-order valence-electron chi connectivity index (χ1n) is 28.1. The molecule has 0 aliphatic rings. The van der Waals surface area contributed by atoms with Gasteiger partial charge in [0.15, 0.2) is 6.10 Å². The second-order valence-electron chi connectivity index (χ2n) is 18.4. The molecule has 0 fully saturated rings. The molecule has 0 aromatic carbocycles. The van der Waals surface area contributed by atoms with Crippen molar-refractivity contribution in [2.75, 3.05) is 19.8 Å². The lowest BCUT2D eigenvalue weighted by atomic mass is 10.1. The van der Waals surface area contributed by atoms with Gasteiger partial charge in [-0.1, -0.05) is 228 Å². The van der Waals surface area contributed by atoms with Gasteiger partial charge in [-0.05, 0) is 109 Å². The van der Waals surface area contributed by atoms with Gasteiger partial charge in [0.1, 0.15) is 6.61 Å². The molecule has 0 rings (SSSR count). The van der Waals surface area contributed by atoms with E-state index >= 15 is 0 Å². The first-order chi connectivity index (χ1) is 32.6. The van der Waals surface area contributed by atoms with E-state index in [4.69, 9.17) is 14.2 Å². The molecule has 0 amide bonds. The maximum absolute atomic E-state index is 12.8. The number of carbonyl (C=O) groups is 2. The molecule has 0 radical (unpaired) electrons. The minimum atomic E-state index is -0.558. The first-order valence-corrected chi connectivity index (χ1v) is 28.1. The summed E-state index contributed by atoms with van der Waals surface area (Å²) in [5.41, 5.74) is 0. The van der Waals surface area contributed by atoms with Crippen LogP contribution in [0, 0.1) is 0 Å². The van der Waals surface area contributed by atoms with Crippen molar-refractivity contribution in [3.63, 3.8) is 0 Å². The molecular formula is C61H106O5. The molecule has 0 saturated heterocycles. The van der Waals surface area contributed by atoms with E-state index in [9.17, 15) is 9.59 Å². The SMILES string of the molecule is CC/C=C\C/C=C\C/C=C\C/C=C\CCCCCCCOCC(COC(=O)CCCCCCCCCCC/C=C\CCCCCCCC)OC(=O)CCCCCCC/C=C\C/C=C\CCC. The van der Waals surface area contributed by atoms with Crippen molar-refractivity contribution >= 4 is 11.9 Å². The lowest BCUT2D eigenvalue weighted by Gasteiger charge is -2.18. The molecule has 0 heterocycles. The van der Waals surface area contributed by atoms with Gasteiger partial charge >= 0.3 is 11.9 Å². The molecule has 0 aliphatic heterocycles. The lowest BCUT2D eigenvalue weighted by Crippen LogP contribution is -2.30. The van der Waals surface area contributed by atoms with E-state index in [-0.39, 0.29) is 25.2 Å². The summed E-state index contributed by atoms with van der Waals surface area (Å²) in [7, 11) is 0. The Kier molecular flexibility index (Phi) is 53.9. The van der Waals surface area contributed by atoms with Crippen LogP contribution in [0.3, 0.4) is 0 Å². The summed E-state index contributed by atoms with van der Waals surface area (Å²) >= 11 is 0. The Balaban J connectivity index is 4.29. The zero-order valence-electron chi connectivity index (χ0n) is 43.7. The van der Waals surface area contributed by atoms with Gasteiger partial charge in [0.25, 0.3) is 0 Å². The molecule has 5 heteroatoms. The highest BCUT2D eigenvalue weighted by Crippen LogP contribution is 2.14. The highest BCUT2D eigenvalue weighted by Gasteiger charge is 2.17. The van der Waals surface area contributed by atoms with E-state index in [1.165, 1.54) is 135 Å². The zero-order chi connectivity index (χ0) is 47.7. The van der Waals surface area contributed by atoms with Crippen LogP contribution in [-0.2, 0) is 23.8 Å². The Morgan fingerprint density at radius 3 is 1.17 bits per heavy atom. The number of hydrogen-bond acceptors (Lipinski definition) is 5. The molecule has 0 saturated carbocycles. The zero-order valence-corrected chi connectivity index (χ0v) is 43.7. The Morgan fingerprint density at radius 1 is 0.348 bits per heavy atom. The van der Waals surface area contributed by atoms with Crippen LogP contribution in [0.25, 0.3) is 0 Å². The fourth-order valence-corrected chi connectivity index (χ4v) is 7.71. The van der Waals surface area contributed by atoms with E-state index in [1.54, 1.807) is 0 Å². The smallest absolute Gasteiger partial charge is 0.306 e. The van der Waals surface area contributed by atoms with Crippen molar-refractivity contribution < 1.29 is 23.8 Å². The summed E-state index contributed by atoms with van der Waals surface area (Å²) < 4.78 is 17.4. The molecule has 5 nitrogen and oxygen atoms in total. The van der Waals surface area contributed by atoms with Gasteiger partial charge in [0.05, 0.1) is 6.61 Å². The van der Waals surface area contributed by atoms with Crippen molar-refractivity contribution in [2.24, 2.45) is 0 Å². The van der Waals surface area contributed by atoms with Crippen LogP contribution in [0.15, 0.2) is 85.1 Å². The highest BCUT2D eigenvalue weighted by molar-refractivity contribution is 5.70. The summed E-state index contributed by atoms with van der Waals surface area (Å²) in [6.07, 6.45) is 74.6. The van der Waals surface area contributed by atoms with Gasteiger partial charge in [-0.15, -0.1) is 0 Å². The van der Waals surface area contributed by atoms with E-state index in [0.717, 1.165) is 96.3 Å². The summed E-state index contributed by atoms with van der Waals surface area (Å²) in [6.45, 7) is 7.61. The average molecular weight is 920 g/mol. The standard InChI is InChI=1S/C61H106O5/c1-4-7-10-13-16-19-22-25-27-29-31-32-34-37-39-42-45-48-51-54-60(62)65-58-59(66-61(63)55-52-49-46-43-40-36-24-21-18-15-12-9-6-3)57-64-56-53-50-47-44-41-38-35-33-30-28-26-23-20-17-14-11-8-5-2/h8,11-12,15,17,20-21,24-28,33,35,59H,4-7,9-10,13-14,16,18-19,22-23,29-32,34,36-58H2,1-3H3/b11-8-,15-12-,20-17-,24-21-,27-25-,28-26-,35-33-. The number of hydrogen-bond donors (Lipinski definition) is 0. The third-order valence-electron chi connectivity index (χ3n) is 11.9. The van der Waals surface area contributed by atoms with Crippen LogP contribution >= 0.6 is 0 Å². The third kappa shape index (κ3) is 53.7. The van der Waals surface area contributed by atoms with Crippen LogP contribution in [0.2, 0.25) is 0 Å². The molecule has 66 heavy (non-hydrogen) atoms. The van der Waals surface area contributed by atoms with Gasteiger partial charge < -0.3 is 14.2 Å². The van der Waals surface area contributed by atoms with Gasteiger partial charge in [-0.2, -0.15) is 0 Å². The molecule has 0 bridgehead atoms. The third-order valence-corrected chi connectivity index (χ3v) is 11.9. The number of ether oxygens (including phenoxy) is 3. The molecule has 380 valence electrons. The van der Waals surface area contributed by atoms with E-state index in [1.807, 2.05) is 0 Å². The van der Waals surface area contributed by atoms with E-state index < -0.39 is 6.10 Å². The maximum atomic E-state index is 12.8. The van der Waals surface area contributed by atoms with E-state index in [2.05, 4.69) is 106 Å². The van der Waals surface area contributed by atoms with Crippen LogP contribution in [0.5, 0.6) is 0 Å². The predicted molar refractivity (Wildman–Crippen MR) is 288 cm³/mol. The summed E-state index contributed by atoms with van der Waals surface area (Å²) in [4.78, 5) is 25.5. The average Bonchev–Trinajstić information content (AvgIpc) is 3.32. The summed E-state index contributed by atoms with van der Waals surface area (Å²) in [5.74, 6) is -0.423. The minimum absolute atomic E-state index is 0.0682. The normalized spacial score (nSPS) is 12.8. The second kappa shape index (κ2) is 56.4. The number of carbonyl (C=O) groups excluding carboxylic acids is 2. The minimum Gasteiger partial charge on any atom is -0.462 e. The van der Waals surface area contributed by atoms with Crippen molar-refractivity contribution in [1.82, 2.24) is 0 Å². The monoisotopic (exact) mass is 919 g/mol. The van der Waals surface area contributed by atoms with Gasteiger partial charge in [-0.3, -0.25) is 9.59 Å². The molecule has 0 aliphatic carbocycles. The molecule has 1 unspecified atom stereocenters. The van der Waals surface area contributed by atoms with Crippen molar-refractivity contribution in [3.8, 4) is 0 Å². The highest BCUT2D eigenvalue weighted by atomic mass is 16.6. The van der Waals surface area contributed by atoms with Gasteiger partial charge in [0, 0.05) is 19.4 Å². The number of esters is 2. The van der Waals surface area contributed by atoms with Crippen LogP contribution in [0.4, 0.5) is 0 Å². The van der Waals surface area contributed by atoms with Gasteiger partial charge in [-0.25, -0.2) is 0 Å². The number of unbranched alkanes of at least 4 members (excludes halogenated alkanes) is 26. The fourth-order valence-electron chi connectivity index (χ4n) is 7.71. The topological polar surface area (TPSA) is 61.8 Å². The van der Waals surface area contributed by atoms with Crippen molar-refractivity contribution in [2.45, 2.75) is 271 Å². The second-order valence-corrected chi connectivity index (χ2v) is 18.4. The van der Waals surface area contributed by atoms with E-state index in [0.29, 0.717) is 19.4 Å². The van der Waals surface area contributed by atoms with Crippen molar-refractivity contribution in [3.05, 3.63) is 85.1 Å². The Labute approximate surface area is 409 Å². The summed E-state index contributed by atoms with van der Waals surface area (Å²) in [6, 6.07) is 0. The predicted octanol–water partition coefficient (Wildman–Crippen LogP) is 19.2. The van der Waals surface area contributed by atoms with Crippen LogP contribution < -0.4 is 0 Å². The molecule has 0 aromatic heterocycles. The first kappa shape index (κ1) is 63.1.